The summed E-state index contributed by atoms with van der Waals surface area (Å²) in [6.45, 7) is 1.08. The van der Waals surface area contributed by atoms with Crippen molar-refractivity contribution in [3.63, 3.8) is 0 Å². The first kappa shape index (κ1) is 18.8. The number of carboxylic acid groups (broad SMARTS) is 3. The zero-order valence-corrected chi connectivity index (χ0v) is 10.7. The molecule has 0 aliphatic heterocycles. The average molecular weight is 262 g/mol. The molecule has 0 aromatic heterocycles. The van der Waals surface area contributed by atoms with Crippen LogP contribution in [0, 0.1) is 0 Å². The zero-order chi connectivity index (χ0) is 14.4. The summed E-state index contributed by atoms with van der Waals surface area (Å²) in [4.78, 5) is 29.3. The van der Waals surface area contributed by atoms with Crippen molar-refractivity contribution in [2.45, 2.75) is 58.3 Å². The van der Waals surface area contributed by atoms with Crippen LogP contribution in [0.1, 0.15) is 58.3 Å². The quantitative estimate of drug-likeness (QED) is 0.550. The van der Waals surface area contributed by atoms with Gasteiger partial charge in [-0.15, -0.1) is 0 Å². The van der Waals surface area contributed by atoms with Gasteiger partial charge in [-0.3, -0.25) is 14.4 Å². The molecule has 0 aliphatic carbocycles. The molecule has 6 heteroatoms. The van der Waals surface area contributed by atoms with Gasteiger partial charge in [-0.2, -0.15) is 0 Å². The van der Waals surface area contributed by atoms with Gasteiger partial charge in [-0.25, -0.2) is 0 Å². The van der Waals surface area contributed by atoms with E-state index in [0.717, 1.165) is 45.4 Å². The van der Waals surface area contributed by atoms with Crippen molar-refractivity contribution in [2.75, 3.05) is 0 Å². The summed E-state index contributed by atoms with van der Waals surface area (Å²) in [5.74, 6) is -2.31. The van der Waals surface area contributed by atoms with E-state index in [2.05, 4.69) is 0 Å². The second-order valence-corrected chi connectivity index (χ2v) is 3.93. The Hall–Kier alpha value is -1.59. The van der Waals surface area contributed by atoms with Crippen molar-refractivity contribution in [3.8, 4) is 0 Å². The molecule has 0 saturated heterocycles. The minimum absolute atomic E-state index is 0.245. The molecule has 0 aromatic rings. The lowest BCUT2D eigenvalue weighted by Gasteiger charge is -1.98. The minimum Gasteiger partial charge on any atom is -0.481 e. The first-order valence-electron chi connectivity index (χ1n) is 5.99. The van der Waals surface area contributed by atoms with Crippen molar-refractivity contribution >= 4 is 17.9 Å². The molecule has 0 spiro atoms. The van der Waals surface area contributed by atoms with Gasteiger partial charge in [-0.1, -0.05) is 25.7 Å². The zero-order valence-electron chi connectivity index (χ0n) is 10.7. The molecule has 0 radical (unpaired) electrons. The van der Waals surface area contributed by atoms with Crippen LogP contribution in [0.25, 0.3) is 0 Å². The third-order valence-corrected chi connectivity index (χ3v) is 2.03. The monoisotopic (exact) mass is 262 g/mol. The fraction of sp³-hybridized carbons (Fsp3) is 0.750. The van der Waals surface area contributed by atoms with Crippen LogP contribution >= 0.6 is 0 Å². The maximum atomic E-state index is 10.1. The Balaban J connectivity index is 0. The third-order valence-electron chi connectivity index (χ3n) is 2.03. The van der Waals surface area contributed by atoms with Crippen LogP contribution in [0.3, 0.4) is 0 Å². The topological polar surface area (TPSA) is 112 Å². The summed E-state index contributed by atoms with van der Waals surface area (Å²) in [6, 6.07) is 0. The van der Waals surface area contributed by atoms with E-state index in [1.165, 1.54) is 0 Å². The van der Waals surface area contributed by atoms with Gasteiger partial charge < -0.3 is 15.3 Å². The predicted octanol–water partition coefficient (Wildman–Crippen LogP) is 2.37. The highest BCUT2D eigenvalue weighted by molar-refractivity contribution is 5.66. The minimum atomic E-state index is -0.833. The molecule has 3 N–H and O–H groups in total. The van der Waals surface area contributed by atoms with E-state index in [0.29, 0.717) is 0 Å². The first-order chi connectivity index (χ1) is 8.36. The molecule has 0 bridgehead atoms. The first-order valence-corrected chi connectivity index (χ1v) is 5.99. The number of hydrogen-bond acceptors (Lipinski definition) is 3. The van der Waals surface area contributed by atoms with Crippen LogP contribution in [0.15, 0.2) is 0 Å². The highest BCUT2D eigenvalue weighted by Crippen LogP contribution is 2.08. The maximum Gasteiger partial charge on any atom is 0.303 e. The van der Waals surface area contributed by atoms with Crippen molar-refractivity contribution in [1.82, 2.24) is 0 Å². The number of unbranched alkanes of at least 4 members (excludes halogenated alkanes) is 5. The molecular formula is C12H22O6. The van der Waals surface area contributed by atoms with Gasteiger partial charge in [0, 0.05) is 19.8 Å². The number of carboxylic acids is 3. The van der Waals surface area contributed by atoms with E-state index < -0.39 is 17.9 Å². The number of rotatable bonds is 9. The lowest BCUT2D eigenvalue weighted by atomic mass is 10.1. The summed E-state index contributed by atoms with van der Waals surface area (Å²) in [7, 11) is 0. The van der Waals surface area contributed by atoms with Gasteiger partial charge >= 0.3 is 11.9 Å². The van der Waals surface area contributed by atoms with Crippen molar-refractivity contribution < 1.29 is 29.7 Å². The van der Waals surface area contributed by atoms with Crippen LogP contribution in [-0.2, 0) is 14.4 Å². The Morgan fingerprint density at radius 1 is 0.667 bits per heavy atom. The molecule has 0 aliphatic rings. The van der Waals surface area contributed by atoms with E-state index in [-0.39, 0.29) is 12.8 Å². The highest BCUT2D eigenvalue weighted by Gasteiger charge is 1.98. The number of aliphatic carboxylic acids is 3. The Labute approximate surface area is 107 Å². The van der Waals surface area contributed by atoms with Gasteiger partial charge in [-0.05, 0) is 12.8 Å². The molecule has 0 aromatic carbocycles. The summed E-state index contributed by atoms with van der Waals surface area (Å²) < 4.78 is 0. The molecule has 0 heterocycles. The van der Waals surface area contributed by atoms with E-state index >= 15 is 0 Å². The van der Waals surface area contributed by atoms with Gasteiger partial charge in [0.1, 0.15) is 0 Å². The van der Waals surface area contributed by atoms with E-state index in [4.69, 9.17) is 20.1 Å². The SMILES string of the molecule is CC(=O)O.O=C(O)CCCCCCCCC(=O)O. The number of hydrogen-bond donors (Lipinski definition) is 3. The van der Waals surface area contributed by atoms with Gasteiger partial charge in [0.15, 0.2) is 0 Å². The normalized spacial score (nSPS) is 9.17. The second-order valence-electron chi connectivity index (χ2n) is 3.93. The van der Waals surface area contributed by atoms with Crippen LogP contribution in [-0.4, -0.2) is 33.2 Å². The highest BCUT2D eigenvalue weighted by atomic mass is 16.4. The summed E-state index contributed by atoms with van der Waals surface area (Å²) in [6.07, 6.45) is 5.82. The lowest BCUT2D eigenvalue weighted by Crippen LogP contribution is -1.94. The van der Waals surface area contributed by atoms with Crippen molar-refractivity contribution in [2.24, 2.45) is 0 Å². The molecule has 0 saturated carbocycles. The number of carbonyl (C=O) groups is 3. The van der Waals surface area contributed by atoms with Crippen LogP contribution < -0.4 is 0 Å². The summed E-state index contributed by atoms with van der Waals surface area (Å²) >= 11 is 0. The summed E-state index contributed by atoms with van der Waals surface area (Å²) in [5, 5.41) is 24.1. The van der Waals surface area contributed by atoms with Crippen molar-refractivity contribution in [1.29, 1.82) is 0 Å². The fourth-order valence-electron chi connectivity index (χ4n) is 1.26. The second kappa shape index (κ2) is 13.5. The Morgan fingerprint density at radius 2 is 0.889 bits per heavy atom. The van der Waals surface area contributed by atoms with Crippen LogP contribution in [0.4, 0.5) is 0 Å². The predicted molar refractivity (Wildman–Crippen MR) is 65.5 cm³/mol. The standard InChI is InChI=1S/C10H18O4.C2H4O2/c11-9(12)7-5-3-1-2-4-6-8-10(13)14;1-2(3)4/h1-8H2,(H,11,12)(H,13,14);1H3,(H,3,4). The Morgan fingerprint density at radius 3 is 1.11 bits per heavy atom. The largest absolute Gasteiger partial charge is 0.481 e. The van der Waals surface area contributed by atoms with E-state index in [1.807, 2.05) is 0 Å². The Bertz CT molecular complexity index is 225. The van der Waals surface area contributed by atoms with E-state index in [9.17, 15) is 9.59 Å². The molecule has 106 valence electrons. The third kappa shape index (κ3) is 29.3. The van der Waals surface area contributed by atoms with Gasteiger partial charge in [0.2, 0.25) is 0 Å². The smallest absolute Gasteiger partial charge is 0.303 e. The van der Waals surface area contributed by atoms with Crippen molar-refractivity contribution in [3.05, 3.63) is 0 Å². The maximum absolute atomic E-state index is 10.1. The molecule has 0 fully saturated rings. The lowest BCUT2D eigenvalue weighted by molar-refractivity contribution is -0.138. The average Bonchev–Trinajstić information content (AvgIpc) is 2.20. The van der Waals surface area contributed by atoms with Crippen LogP contribution in [0.2, 0.25) is 0 Å². The molecule has 0 unspecified atom stereocenters. The fourth-order valence-corrected chi connectivity index (χ4v) is 1.26. The van der Waals surface area contributed by atoms with Crippen LogP contribution in [0.5, 0.6) is 0 Å². The molecule has 6 nitrogen and oxygen atoms in total. The van der Waals surface area contributed by atoms with E-state index in [1.54, 1.807) is 0 Å². The molecular weight excluding hydrogens is 240 g/mol. The molecule has 0 amide bonds. The Kier molecular flexibility index (Phi) is 14.0. The molecule has 0 atom stereocenters. The molecule has 18 heavy (non-hydrogen) atoms. The summed E-state index contributed by atoms with van der Waals surface area (Å²) in [5.41, 5.74) is 0. The molecule has 0 rings (SSSR count). The van der Waals surface area contributed by atoms with Gasteiger partial charge in [0.05, 0.1) is 0 Å². The van der Waals surface area contributed by atoms with Gasteiger partial charge in [0.25, 0.3) is 5.97 Å².